The summed E-state index contributed by atoms with van der Waals surface area (Å²) in [5.41, 5.74) is 0. The SMILES string of the molecule is CC(=O)CNC(=O)CCCc1cccs1. The summed E-state index contributed by atoms with van der Waals surface area (Å²) in [6, 6.07) is 4.08. The summed E-state index contributed by atoms with van der Waals surface area (Å²) < 4.78 is 0. The van der Waals surface area contributed by atoms with E-state index in [1.807, 2.05) is 11.4 Å². The molecule has 1 rings (SSSR count). The van der Waals surface area contributed by atoms with Gasteiger partial charge in [0, 0.05) is 11.3 Å². The first-order chi connectivity index (χ1) is 7.18. The van der Waals surface area contributed by atoms with E-state index in [9.17, 15) is 9.59 Å². The van der Waals surface area contributed by atoms with Crippen LogP contribution in [0.5, 0.6) is 0 Å². The van der Waals surface area contributed by atoms with E-state index in [1.165, 1.54) is 11.8 Å². The van der Waals surface area contributed by atoms with E-state index < -0.39 is 0 Å². The Hall–Kier alpha value is -1.16. The second kappa shape index (κ2) is 6.35. The number of Topliss-reactive ketones (excluding diaryl/α,β-unsaturated/α-hetero) is 1. The van der Waals surface area contributed by atoms with Crippen LogP contribution < -0.4 is 5.32 Å². The molecule has 0 saturated heterocycles. The molecule has 1 heterocycles. The molecule has 82 valence electrons. The molecule has 0 radical (unpaired) electrons. The minimum absolute atomic E-state index is 0.0124. The highest BCUT2D eigenvalue weighted by Gasteiger charge is 2.02. The number of carbonyl (C=O) groups excluding carboxylic acids is 2. The Morgan fingerprint density at radius 2 is 2.27 bits per heavy atom. The molecule has 0 fully saturated rings. The van der Waals surface area contributed by atoms with Crippen molar-refractivity contribution in [3.8, 4) is 0 Å². The summed E-state index contributed by atoms with van der Waals surface area (Å²) in [7, 11) is 0. The van der Waals surface area contributed by atoms with Gasteiger partial charge in [0.05, 0.1) is 6.54 Å². The molecule has 0 aromatic carbocycles. The fourth-order valence-corrected chi connectivity index (χ4v) is 1.94. The summed E-state index contributed by atoms with van der Waals surface area (Å²) in [5.74, 6) is -0.0524. The second-order valence-electron chi connectivity index (χ2n) is 3.41. The number of aryl methyl sites for hydroxylation is 1. The number of hydrogen-bond donors (Lipinski definition) is 1. The summed E-state index contributed by atoms with van der Waals surface area (Å²) in [6.45, 7) is 1.61. The standard InChI is InChI=1S/C11H15NO2S/c1-9(13)8-12-11(14)6-2-4-10-5-3-7-15-10/h3,5,7H,2,4,6,8H2,1H3,(H,12,14). The quantitative estimate of drug-likeness (QED) is 0.802. The first-order valence-corrected chi connectivity index (χ1v) is 5.85. The van der Waals surface area contributed by atoms with Crippen LogP contribution in [0.3, 0.4) is 0 Å². The summed E-state index contributed by atoms with van der Waals surface area (Å²) in [6.07, 6.45) is 2.26. The number of hydrogen-bond acceptors (Lipinski definition) is 3. The van der Waals surface area contributed by atoms with Gasteiger partial charge in [0.15, 0.2) is 0 Å². The van der Waals surface area contributed by atoms with E-state index in [4.69, 9.17) is 0 Å². The van der Waals surface area contributed by atoms with Crippen LogP contribution in [0.15, 0.2) is 17.5 Å². The third kappa shape index (κ3) is 5.32. The van der Waals surface area contributed by atoms with Crippen molar-refractivity contribution in [3.05, 3.63) is 22.4 Å². The van der Waals surface area contributed by atoms with Gasteiger partial charge in [-0.05, 0) is 31.2 Å². The third-order valence-corrected chi connectivity index (χ3v) is 2.88. The highest BCUT2D eigenvalue weighted by atomic mass is 32.1. The van der Waals surface area contributed by atoms with Crippen molar-refractivity contribution in [1.29, 1.82) is 0 Å². The van der Waals surface area contributed by atoms with Gasteiger partial charge in [0.25, 0.3) is 0 Å². The number of carbonyl (C=O) groups is 2. The lowest BCUT2D eigenvalue weighted by molar-refractivity contribution is -0.124. The Morgan fingerprint density at radius 3 is 2.87 bits per heavy atom. The van der Waals surface area contributed by atoms with Crippen molar-refractivity contribution in [3.63, 3.8) is 0 Å². The normalized spacial score (nSPS) is 9.93. The lowest BCUT2D eigenvalue weighted by Gasteiger charge is -2.01. The smallest absolute Gasteiger partial charge is 0.220 e. The Morgan fingerprint density at radius 1 is 1.47 bits per heavy atom. The van der Waals surface area contributed by atoms with Crippen molar-refractivity contribution in [2.45, 2.75) is 26.2 Å². The van der Waals surface area contributed by atoms with E-state index in [2.05, 4.69) is 11.4 Å². The Balaban J connectivity index is 2.09. The van der Waals surface area contributed by atoms with E-state index >= 15 is 0 Å². The Labute approximate surface area is 93.5 Å². The van der Waals surface area contributed by atoms with Gasteiger partial charge in [0.1, 0.15) is 5.78 Å². The lowest BCUT2D eigenvalue weighted by atomic mass is 10.2. The van der Waals surface area contributed by atoms with E-state index in [1.54, 1.807) is 11.3 Å². The summed E-state index contributed by atoms with van der Waals surface area (Å²) in [4.78, 5) is 23.1. The maximum Gasteiger partial charge on any atom is 0.220 e. The molecule has 15 heavy (non-hydrogen) atoms. The highest BCUT2D eigenvalue weighted by Crippen LogP contribution is 2.11. The van der Waals surface area contributed by atoms with Gasteiger partial charge in [-0.25, -0.2) is 0 Å². The predicted molar refractivity (Wildman–Crippen MR) is 60.9 cm³/mol. The topological polar surface area (TPSA) is 46.2 Å². The largest absolute Gasteiger partial charge is 0.349 e. The van der Waals surface area contributed by atoms with E-state index in [-0.39, 0.29) is 18.2 Å². The van der Waals surface area contributed by atoms with Gasteiger partial charge in [-0.3, -0.25) is 9.59 Å². The lowest BCUT2D eigenvalue weighted by Crippen LogP contribution is -2.27. The second-order valence-corrected chi connectivity index (χ2v) is 4.44. The van der Waals surface area contributed by atoms with E-state index in [0.717, 1.165) is 12.8 Å². The number of amides is 1. The minimum Gasteiger partial charge on any atom is -0.349 e. The maximum absolute atomic E-state index is 11.2. The zero-order chi connectivity index (χ0) is 11.1. The maximum atomic E-state index is 11.2. The molecule has 1 aromatic heterocycles. The van der Waals surface area contributed by atoms with Gasteiger partial charge in [0.2, 0.25) is 5.91 Å². The summed E-state index contributed by atoms with van der Waals surface area (Å²) in [5, 5.41) is 4.61. The van der Waals surface area contributed by atoms with Crippen LogP contribution in [0.4, 0.5) is 0 Å². The minimum atomic E-state index is -0.0400. The van der Waals surface area contributed by atoms with Crippen LogP contribution in [-0.4, -0.2) is 18.2 Å². The van der Waals surface area contributed by atoms with Crippen LogP contribution in [0.25, 0.3) is 0 Å². The molecule has 4 heteroatoms. The molecule has 0 unspecified atom stereocenters. The van der Waals surface area contributed by atoms with Crippen LogP contribution in [-0.2, 0) is 16.0 Å². The molecule has 1 N–H and O–H groups in total. The summed E-state index contributed by atoms with van der Waals surface area (Å²) >= 11 is 1.71. The first kappa shape index (κ1) is 11.9. The van der Waals surface area contributed by atoms with Crippen LogP contribution >= 0.6 is 11.3 Å². The molecule has 0 atom stereocenters. The van der Waals surface area contributed by atoms with E-state index in [0.29, 0.717) is 6.42 Å². The molecule has 3 nitrogen and oxygen atoms in total. The van der Waals surface area contributed by atoms with Gasteiger partial charge >= 0.3 is 0 Å². The zero-order valence-electron chi connectivity index (χ0n) is 8.79. The van der Waals surface area contributed by atoms with Crippen LogP contribution in [0.2, 0.25) is 0 Å². The van der Waals surface area contributed by atoms with Gasteiger partial charge in [-0.15, -0.1) is 11.3 Å². The number of thiophene rings is 1. The van der Waals surface area contributed by atoms with Crippen LogP contribution in [0.1, 0.15) is 24.6 Å². The Kier molecular flexibility index (Phi) is 5.04. The third-order valence-electron chi connectivity index (χ3n) is 1.94. The first-order valence-electron chi connectivity index (χ1n) is 4.97. The van der Waals surface area contributed by atoms with Gasteiger partial charge in [-0.1, -0.05) is 6.07 Å². The predicted octanol–water partition coefficient (Wildman–Crippen LogP) is 1.78. The molecule has 0 saturated carbocycles. The molecule has 0 spiro atoms. The highest BCUT2D eigenvalue weighted by molar-refractivity contribution is 7.09. The van der Waals surface area contributed by atoms with Crippen LogP contribution in [0, 0.1) is 0 Å². The van der Waals surface area contributed by atoms with Gasteiger partial charge < -0.3 is 5.32 Å². The fraction of sp³-hybridized carbons (Fsp3) is 0.455. The fourth-order valence-electron chi connectivity index (χ4n) is 1.19. The number of nitrogens with one attached hydrogen (secondary N) is 1. The average Bonchev–Trinajstić information content (AvgIpc) is 2.67. The number of ketones is 1. The molecule has 1 amide bonds. The molecule has 1 aromatic rings. The average molecular weight is 225 g/mol. The molecule has 0 aliphatic heterocycles. The molecular weight excluding hydrogens is 210 g/mol. The monoisotopic (exact) mass is 225 g/mol. The zero-order valence-corrected chi connectivity index (χ0v) is 9.60. The van der Waals surface area contributed by atoms with Gasteiger partial charge in [-0.2, -0.15) is 0 Å². The van der Waals surface area contributed by atoms with Crippen molar-refractivity contribution in [1.82, 2.24) is 5.32 Å². The van der Waals surface area contributed by atoms with Crippen molar-refractivity contribution < 1.29 is 9.59 Å². The van der Waals surface area contributed by atoms with Crippen molar-refractivity contribution in [2.75, 3.05) is 6.54 Å². The van der Waals surface area contributed by atoms with Crippen molar-refractivity contribution >= 4 is 23.0 Å². The molecule has 0 aliphatic carbocycles. The number of rotatable bonds is 6. The van der Waals surface area contributed by atoms with Crippen molar-refractivity contribution in [2.24, 2.45) is 0 Å². The molecule has 0 aliphatic rings. The Bertz CT molecular complexity index is 319. The molecule has 0 bridgehead atoms. The molecular formula is C11H15NO2S.